The number of aliphatic hydroxyl groups excluding tert-OH is 1. The van der Waals surface area contributed by atoms with Crippen LogP contribution in [0, 0.1) is 5.92 Å². The first kappa shape index (κ1) is 64.5. The number of carbonyl (C=O) groups is 12. The molecule has 1 aliphatic rings. The van der Waals surface area contributed by atoms with Crippen LogP contribution in [0.4, 0.5) is 0 Å². The Bertz CT molecular complexity index is 1940. The molecule has 0 saturated carbocycles. The van der Waals surface area contributed by atoms with Crippen molar-refractivity contribution in [2.75, 3.05) is 19.6 Å². The molecule has 0 spiro atoms. The molecule has 10 amide bonds. The standard InChI is InChI=1S/C45H79N13O15/c1-7-22(2)34(56-40(67)28(16-17-33(61)62)53-39(66)27(48)13-8-10-18-46)42(69)51-24(4)37(64)55-30(21-32(49)60)41(68)50-25(5)38(65)57-35(26(6)59)43(70)52-23(3)36(63)54-29(14-9-11-19-47)44(71)58-20-12-15-31(58)45(72)73/h22-31,34-35,59H,7-21,46-48H2,1-6H3,(H2,49,60)(H,50,68)(H,51,69)(H,52,70)(H,53,66)(H,54,63)(H,55,64)(H,56,67)(H,57,65)(H,61,62)(H,72,73)/t22-,23-,24-,25-,26+,27-,28-,29-,30-,31-,34-,35-/m0/s1. The number of hydrogen-bond donors (Lipinski definition) is 15. The van der Waals surface area contributed by atoms with Crippen molar-refractivity contribution in [3.05, 3.63) is 0 Å². The Morgan fingerprint density at radius 3 is 1.53 bits per heavy atom. The number of primary amides is 1. The van der Waals surface area contributed by atoms with Crippen LogP contribution >= 0.6 is 0 Å². The maximum absolute atomic E-state index is 13.6. The number of aliphatic carboxylic acids is 2. The minimum absolute atomic E-state index is 0.124. The Hall–Kier alpha value is -6.52. The van der Waals surface area contributed by atoms with Crippen LogP contribution in [0.3, 0.4) is 0 Å². The summed E-state index contributed by atoms with van der Waals surface area (Å²) in [6.07, 6.45) is 0.161. The smallest absolute Gasteiger partial charge is 0.326 e. The average Bonchev–Trinajstić information content (AvgIpc) is 3.82. The molecule has 1 fully saturated rings. The molecule has 414 valence electrons. The Morgan fingerprint density at radius 1 is 0.575 bits per heavy atom. The topological polar surface area (TPSA) is 469 Å². The zero-order valence-corrected chi connectivity index (χ0v) is 42.5. The van der Waals surface area contributed by atoms with Crippen LogP contribution in [0.1, 0.15) is 119 Å². The van der Waals surface area contributed by atoms with E-state index in [1.165, 1.54) is 25.7 Å². The number of nitrogens with two attached hydrogens (primary N) is 4. The van der Waals surface area contributed by atoms with Gasteiger partial charge in [-0.3, -0.25) is 52.7 Å². The first-order chi connectivity index (χ1) is 34.2. The average molecular weight is 1040 g/mol. The first-order valence-corrected chi connectivity index (χ1v) is 24.5. The van der Waals surface area contributed by atoms with Gasteiger partial charge in [-0.15, -0.1) is 0 Å². The SMILES string of the molecule is CC[C@H](C)[C@H](NC(=O)[C@H](CCC(=O)O)NC(=O)[C@@H](N)CCCCN)C(=O)N[C@@H](C)C(=O)N[C@@H](CC(N)=O)C(=O)N[C@@H](C)C(=O)N[C@H](C(=O)N[C@@H](C)C(=O)N[C@@H](CCCCN)C(=O)N1CCC[C@H]1C(=O)O)[C@@H](C)O. The van der Waals surface area contributed by atoms with Crippen molar-refractivity contribution >= 4 is 71.0 Å². The Morgan fingerprint density at radius 2 is 1.04 bits per heavy atom. The molecule has 73 heavy (non-hydrogen) atoms. The van der Waals surface area contributed by atoms with Gasteiger partial charge in [-0.25, -0.2) is 4.79 Å². The summed E-state index contributed by atoms with van der Waals surface area (Å²) >= 11 is 0. The second-order valence-corrected chi connectivity index (χ2v) is 18.3. The third-order valence-electron chi connectivity index (χ3n) is 12.1. The van der Waals surface area contributed by atoms with Crippen LogP contribution in [-0.4, -0.2) is 177 Å². The number of amides is 10. The maximum atomic E-state index is 13.6. The van der Waals surface area contributed by atoms with Crippen molar-refractivity contribution in [1.29, 1.82) is 0 Å². The molecule has 1 rings (SSSR count). The lowest BCUT2D eigenvalue weighted by Crippen LogP contribution is -2.61. The zero-order valence-electron chi connectivity index (χ0n) is 42.5. The monoisotopic (exact) mass is 1040 g/mol. The summed E-state index contributed by atoms with van der Waals surface area (Å²) in [6.45, 7) is 8.97. The van der Waals surface area contributed by atoms with Crippen LogP contribution in [0.2, 0.25) is 0 Å². The van der Waals surface area contributed by atoms with Crippen LogP contribution in [0.25, 0.3) is 0 Å². The predicted octanol–water partition coefficient (Wildman–Crippen LogP) is -5.25. The number of nitrogens with one attached hydrogen (secondary N) is 8. The molecular formula is C45H79N13O15. The largest absolute Gasteiger partial charge is 0.481 e. The summed E-state index contributed by atoms with van der Waals surface area (Å²) < 4.78 is 0. The molecule has 1 saturated heterocycles. The fourth-order valence-electron chi connectivity index (χ4n) is 7.45. The van der Waals surface area contributed by atoms with Crippen molar-refractivity contribution in [2.24, 2.45) is 28.9 Å². The van der Waals surface area contributed by atoms with Crippen molar-refractivity contribution in [3.8, 4) is 0 Å². The summed E-state index contributed by atoms with van der Waals surface area (Å²) in [6, 6.07) is -13.7. The molecule has 19 N–H and O–H groups in total. The van der Waals surface area contributed by atoms with E-state index in [4.69, 9.17) is 22.9 Å². The Balaban J connectivity index is 3.08. The van der Waals surface area contributed by atoms with Crippen LogP contribution in [0.5, 0.6) is 0 Å². The third kappa shape index (κ3) is 22.4. The highest BCUT2D eigenvalue weighted by Crippen LogP contribution is 2.20. The Kier molecular flexibility index (Phi) is 28.7. The molecule has 0 aromatic rings. The molecular weight excluding hydrogens is 963 g/mol. The second-order valence-electron chi connectivity index (χ2n) is 18.3. The molecule has 0 aromatic heterocycles. The number of rotatable bonds is 34. The lowest BCUT2D eigenvalue weighted by molar-refractivity contribution is -0.149. The fraction of sp³-hybridized carbons (Fsp3) is 0.733. The Labute approximate surface area is 424 Å². The summed E-state index contributed by atoms with van der Waals surface area (Å²) in [5.74, 6) is -12.3. The van der Waals surface area contributed by atoms with Crippen molar-refractivity contribution < 1.29 is 72.9 Å². The van der Waals surface area contributed by atoms with Gasteiger partial charge in [0.1, 0.15) is 54.4 Å². The van der Waals surface area contributed by atoms with E-state index in [9.17, 15) is 72.9 Å². The van der Waals surface area contributed by atoms with Gasteiger partial charge in [0.15, 0.2) is 0 Å². The maximum Gasteiger partial charge on any atom is 0.326 e. The van der Waals surface area contributed by atoms with E-state index in [-0.39, 0.29) is 32.2 Å². The van der Waals surface area contributed by atoms with Gasteiger partial charge in [0, 0.05) is 13.0 Å². The second kappa shape index (κ2) is 32.5. The fourth-order valence-corrected chi connectivity index (χ4v) is 7.45. The van der Waals surface area contributed by atoms with Gasteiger partial charge < -0.3 is 85.7 Å². The van der Waals surface area contributed by atoms with Gasteiger partial charge in [-0.05, 0) is 98.1 Å². The van der Waals surface area contributed by atoms with Gasteiger partial charge in [0.2, 0.25) is 59.1 Å². The van der Waals surface area contributed by atoms with Gasteiger partial charge in [-0.1, -0.05) is 26.7 Å². The molecule has 12 atom stereocenters. The molecule has 1 heterocycles. The van der Waals surface area contributed by atoms with Gasteiger partial charge in [0.05, 0.1) is 18.6 Å². The number of carboxylic acids is 2. The van der Waals surface area contributed by atoms with Crippen LogP contribution in [-0.2, 0) is 57.5 Å². The van der Waals surface area contributed by atoms with E-state index >= 15 is 0 Å². The highest BCUT2D eigenvalue weighted by Gasteiger charge is 2.39. The zero-order chi connectivity index (χ0) is 55.7. The van der Waals surface area contributed by atoms with Gasteiger partial charge >= 0.3 is 11.9 Å². The number of carbonyl (C=O) groups excluding carboxylic acids is 10. The quantitative estimate of drug-likeness (QED) is 0.0268. The minimum Gasteiger partial charge on any atom is -0.481 e. The third-order valence-corrected chi connectivity index (χ3v) is 12.1. The molecule has 0 unspecified atom stereocenters. The minimum atomic E-state index is -1.73. The number of likely N-dealkylation sites (tertiary alicyclic amines) is 1. The number of hydrogen-bond acceptors (Lipinski definition) is 16. The van der Waals surface area contributed by atoms with E-state index in [0.717, 1.165) is 6.92 Å². The normalized spacial score (nSPS) is 17.7. The molecule has 1 aliphatic heterocycles. The molecule has 0 radical (unpaired) electrons. The summed E-state index contributed by atoms with van der Waals surface area (Å²) in [7, 11) is 0. The van der Waals surface area contributed by atoms with Crippen molar-refractivity contribution in [3.63, 3.8) is 0 Å². The van der Waals surface area contributed by atoms with Crippen molar-refractivity contribution in [1.82, 2.24) is 47.4 Å². The lowest BCUT2D eigenvalue weighted by atomic mass is 9.97. The highest BCUT2D eigenvalue weighted by atomic mass is 16.4. The van der Waals surface area contributed by atoms with Gasteiger partial charge in [-0.2, -0.15) is 0 Å². The number of aliphatic hydroxyl groups is 1. The number of unbranched alkanes of at least 4 members (excludes halogenated alkanes) is 2. The molecule has 0 bridgehead atoms. The summed E-state index contributed by atoms with van der Waals surface area (Å²) in [5.41, 5.74) is 22.4. The van der Waals surface area contributed by atoms with E-state index < -0.39 is 156 Å². The van der Waals surface area contributed by atoms with Crippen LogP contribution in [0.15, 0.2) is 0 Å². The molecule has 28 heteroatoms. The summed E-state index contributed by atoms with van der Waals surface area (Å²) in [5, 5.41) is 48.5. The molecule has 0 aromatic carbocycles. The number of nitrogens with zero attached hydrogens (tertiary/aromatic N) is 1. The summed E-state index contributed by atoms with van der Waals surface area (Å²) in [4.78, 5) is 157. The first-order valence-electron chi connectivity index (χ1n) is 24.5. The van der Waals surface area contributed by atoms with E-state index in [2.05, 4.69) is 42.5 Å². The molecule has 28 nitrogen and oxygen atoms in total. The van der Waals surface area contributed by atoms with Gasteiger partial charge in [0.25, 0.3) is 0 Å². The number of carboxylic acid groups (broad SMARTS) is 2. The van der Waals surface area contributed by atoms with Crippen LogP contribution < -0.4 is 65.5 Å². The lowest BCUT2D eigenvalue weighted by Gasteiger charge is -2.29. The van der Waals surface area contributed by atoms with E-state index in [1.54, 1.807) is 13.8 Å². The predicted molar refractivity (Wildman–Crippen MR) is 260 cm³/mol. The van der Waals surface area contributed by atoms with E-state index in [1.807, 2.05) is 0 Å². The molecule has 0 aliphatic carbocycles. The van der Waals surface area contributed by atoms with Crippen molar-refractivity contribution in [2.45, 2.75) is 185 Å². The highest BCUT2D eigenvalue weighted by molar-refractivity contribution is 5.99. The van der Waals surface area contributed by atoms with E-state index in [0.29, 0.717) is 51.6 Å².